The lowest BCUT2D eigenvalue weighted by Gasteiger charge is -2.25. The smallest absolute Gasteiger partial charge is 0.328 e. The minimum absolute atomic E-state index is 0.168. The van der Waals surface area contributed by atoms with Crippen molar-refractivity contribution in [3.63, 3.8) is 0 Å². The van der Waals surface area contributed by atoms with Crippen LogP contribution in [0.5, 0.6) is 0 Å². The molecule has 9 N–H and O–H groups in total. The number of benzene rings is 1. The Balaban J connectivity index is 3.00. The Morgan fingerprint density at radius 1 is 0.938 bits per heavy atom. The van der Waals surface area contributed by atoms with Crippen molar-refractivity contribution < 1.29 is 29.4 Å². The SMILES string of the molecule is CC(O)C(NC(=O)C(CCCCN)NC(=O)C(Cc1ccccc1)NC(=O)CN)C(=O)O. The number of nitrogens with one attached hydrogen (secondary N) is 3. The number of aliphatic hydroxyl groups excluding tert-OH is 1. The number of hydrogen-bond acceptors (Lipinski definition) is 7. The summed E-state index contributed by atoms with van der Waals surface area (Å²) in [6, 6.07) is 5.37. The zero-order valence-corrected chi connectivity index (χ0v) is 18.1. The second-order valence-electron chi connectivity index (χ2n) is 7.42. The lowest BCUT2D eigenvalue weighted by Crippen LogP contribution is -2.58. The normalized spacial score (nSPS) is 14.5. The lowest BCUT2D eigenvalue weighted by atomic mass is 10.0. The molecule has 0 aliphatic rings. The number of hydrogen-bond donors (Lipinski definition) is 7. The molecule has 4 atom stereocenters. The maximum atomic E-state index is 13.0. The molecule has 0 spiro atoms. The molecule has 0 aliphatic carbocycles. The van der Waals surface area contributed by atoms with Crippen molar-refractivity contribution in [1.82, 2.24) is 16.0 Å². The summed E-state index contributed by atoms with van der Waals surface area (Å²) in [6.45, 7) is 1.31. The first-order valence-electron chi connectivity index (χ1n) is 10.4. The molecule has 0 bridgehead atoms. The summed E-state index contributed by atoms with van der Waals surface area (Å²) >= 11 is 0. The van der Waals surface area contributed by atoms with E-state index in [-0.39, 0.29) is 19.4 Å². The Labute approximate surface area is 186 Å². The third-order valence-corrected chi connectivity index (χ3v) is 4.75. The predicted molar refractivity (Wildman–Crippen MR) is 117 cm³/mol. The number of carbonyl (C=O) groups excluding carboxylic acids is 3. The molecule has 0 saturated heterocycles. The number of unbranched alkanes of at least 4 members (excludes halogenated alkanes) is 1. The van der Waals surface area contributed by atoms with Gasteiger partial charge in [0.1, 0.15) is 12.1 Å². The Hall–Kier alpha value is -3.02. The van der Waals surface area contributed by atoms with Crippen molar-refractivity contribution in [1.29, 1.82) is 0 Å². The molecule has 4 unspecified atom stereocenters. The third kappa shape index (κ3) is 9.41. The second-order valence-corrected chi connectivity index (χ2v) is 7.42. The lowest BCUT2D eigenvalue weighted by molar-refractivity contribution is -0.145. The van der Waals surface area contributed by atoms with Gasteiger partial charge in [0, 0.05) is 6.42 Å². The summed E-state index contributed by atoms with van der Waals surface area (Å²) in [5, 5.41) is 26.2. The van der Waals surface area contributed by atoms with Gasteiger partial charge in [-0.05, 0) is 38.3 Å². The highest BCUT2D eigenvalue weighted by Crippen LogP contribution is 2.07. The Kier molecular flexibility index (Phi) is 11.9. The summed E-state index contributed by atoms with van der Waals surface area (Å²) in [6.07, 6.45) is 0.117. The molecule has 11 nitrogen and oxygen atoms in total. The van der Waals surface area contributed by atoms with Gasteiger partial charge in [0.25, 0.3) is 0 Å². The second kappa shape index (κ2) is 14.1. The highest BCUT2D eigenvalue weighted by Gasteiger charge is 2.31. The summed E-state index contributed by atoms with van der Waals surface area (Å²) in [4.78, 5) is 48.8. The van der Waals surface area contributed by atoms with Crippen LogP contribution in [0.4, 0.5) is 0 Å². The quantitative estimate of drug-likeness (QED) is 0.161. The van der Waals surface area contributed by atoms with Crippen molar-refractivity contribution in [2.45, 2.75) is 56.8 Å². The fourth-order valence-electron chi connectivity index (χ4n) is 2.99. The molecule has 32 heavy (non-hydrogen) atoms. The zero-order valence-electron chi connectivity index (χ0n) is 18.1. The van der Waals surface area contributed by atoms with Gasteiger partial charge in [-0.15, -0.1) is 0 Å². The molecule has 178 valence electrons. The van der Waals surface area contributed by atoms with Gasteiger partial charge < -0.3 is 37.6 Å². The van der Waals surface area contributed by atoms with Crippen LogP contribution in [0.3, 0.4) is 0 Å². The molecule has 1 rings (SSSR count). The minimum atomic E-state index is -1.53. The summed E-state index contributed by atoms with van der Waals surface area (Å²) < 4.78 is 0. The average molecular weight is 452 g/mol. The predicted octanol–water partition coefficient (Wildman–Crippen LogP) is -1.76. The van der Waals surface area contributed by atoms with E-state index >= 15 is 0 Å². The number of carbonyl (C=O) groups is 4. The Morgan fingerprint density at radius 2 is 1.56 bits per heavy atom. The van der Waals surface area contributed by atoms with Crippen molar-refractivity contribution in [3.8, 4) is 0 Å². The van der Waals surface area contributed by atoms with Gasteiger partial charge in [-0.1, -0.05) is 30.3 Å². The monoisotopic (exact) mass is 451 g/mol. The summed E-state index contributed by atoms with van der Waals surface area (Å²) in [5.41, 5.74) is 11.6. The van der Waals surface area contributed by atoms with E-state index in [1.54, 1.807) is 24.3 Å². The number of aliphatic hydroxyl groups is 1. The molecule has 0 heterocycles. The topological polar surface area (TPSA) is 197 Å². The largest absolute Gasteiger partial charge is 0.480 e. The van der Waals surface area contributed by atoms with Crippen LogP contribution in [0.2, 0.25) is 0 Å². The van der Waals surface area contributed by atoms with E-state index in [9.17, 15) is 29.4 Å². The van der Waals surface area contributed by atoms with Crippen LogP contribution >= 0.6 is 0 Å². The molecule has 3 amide bonds. The van der Waals surface area contributed by atoms with Crippen LogP contribution in [0, 0.1) is 0 Å². The maximum Gasteiger partial charge on any atom is 0.328 e. The number of amides is 3. The third-order valence-electron chi connectivity index (χ3n) is 4.75. The molecule has 0 radical (unpaired) electrons. The molecule has 0 aliphatic heterocycles. The summed E-state index contributed by atoms with van der Waals surface area (Å²) in [5.74, 6) is -3.32. The van der Waals surface area contributed by atoms with Crippen LogP contribution in [0.1, 0.15) is 31.7 Å². The zero-order chi connectivity index (χ0) is 24.1. The molecule has 0 saturated carbocycles. The van der Waals surface area contributed by atoms with E-state index in [0.29, 0.717) is 19.4 Å². The van der Waals surface area contributed by atoms with Gasteiger partial charge in [-0.2, -0.15) is 0 Å². The van der Waals surface area contributed by atoms with Crippen molar-refractivity contribution in [2.75, 3.05) is 13.1 Å². The minimum Gasteiger partial charge on any atom is -0.480 e. The van der Waals surface area contributed by atoms with E-state index in [0.717, 1.165) is 5.56 Å². The first-order valence-corrected chi connectivity index (χ1v) is 10.4. The number of rotatable bonds is 14. The van der Waals surface area contributed by atoms with Gasteiger partial charge in [-0.3, -0.25) is 14.4 Å². The first-order chi connectivity index (χ1) is 15.2. The molecular formula is C21H33N5O6. The van der Waals surface area contributed by atoms with Crippen molar-refractivity contribution >= 4 is 23.7 Å². The fraction of sp³-hybridized carbons (Fsp3) is 0.524. The highest BCUT2D eigenvalue weighted by molar-refractivity contribution is 5.93. The highest BCUT2D eigenvalue weighted by atomic mass is 16.4. The standard InChI is InChI=1S/C21H33N5O6/c1-13(27)18(21(31)32)26-19(29)15(9-5-6-10-22)25-20(30)16(24-17(28)12-23)11-14-7-3-2-4-8-14/h2-4,7-8,13,15-16,18,27H,5-6,9-12,22-23H2,1H3,(H,24,28)(H,25,30)(H,26,29)(H,31,32). The van der Waals surface area contributed by atoms with E-state index in [1.165, 1.54) is 6.92 Å². The van der Waals surface area contributed by atoms with Crippen molar-refractivity contribution in [3.05, 3.63) is 35.9 Å². The van der Waals surface area contributed by atoms with Crippen LogP contribution < -0.4 is 27.4 Å². The Morgan fingerprint density at radius 3 is 2.09 bits per heavy atom. The number of carboxylic acid groups (broad SMARTS) is 1. The first kappa shape index (κ1) is 27.0. The number of carboxylic acids is 1. The number of aliphatic carboxylic acids is 1. The van der Waals surface area contributed by atoms with Crippen LogP contribution in [-0.4, -0.2) is 71.2 Å². The van der Waals surface area contributed by atoms with Crippen molar-refractivity contribution in [2.24, 2.45) is 11.5 Å². The fourth-order valence-corrected chi connectivity index (χ4v) is 2.99. The molecule has 0 aromatic heterocycles. The van der Waals surface area contributed by atoms with E-state index in [2.05, 4.69) is 16.0 Å². The van der Waals surface area contributed by atoms with Gasteiger partial charge in [0.05, 0.1) is 12.6 Å². The van der Waals surface area contributed by atoms with Crippen LogP contribution in [0.25, 0.3) is 0 Å². The van der Waals surface area contributed by atoms with E-state index in [1.807, 2.05) is 6.07 Å². The molecule has 0 fully saturated rings. The Bertz CT molecular complexity index is 758. The maximum absolute atomic E-state index is 13.0. The molecular weight excluding hydrogens is 418 g/mol. The molecule has 1 aromatic carbocycles. The van der Waals surface area contributed by atoms with Gasteiger partial charge in [-0.25, -0.2) is 4.79 Å². The van der Waals surface area contributed by atoms with Gasteiger partial charge >= 0.3 is 5.97 Å². The van der Waals surface area contributed by atoms with E-state index in [4.69, 9.17) is 11.5 Å². The average Bonchev–Trinajstić information content (AvgIpc) is 2.76. The van der Waals surface area contributed by atoms with E-state index < -0.39 is 47.9 Å². The summed E-state index contributed by atoms with van der Waals surface area (Å²) in [7, 11) is 0. The van der Waals surface area contributed by atoms with Crippen LogP contribution in [-0.2, 0) is 25.6 Å². The van der Waals surface area contributed by atoms with Gasteiger partial charge in [0.2, 0.25) is 17.7 Å². The molecule has 11 heteroatoms. The van der Waals surface area contributed by atoms with Gasteiger partial charge in [0.15, 0.2) is 6.04 Å². The number of nitrogens with two attached hydrogens (primary N) is 2. The van der Waals surface area contributed by atoms with Crippen LogP contribution in [0.15, 0.2) is 30.3 Å². The molecule has 1 aromatic rings.